The van der Waals surface area contributed by atoms with Gasteiger partial charge in [0.05, 0.1) is 30.3 Å². The number of halogens is 2. The van der Waals surface area contributed by atoms with E-state index >= 15 is 0 Å². The van der Waals surface area contributed by atoms with E-state index in [1.165, 1.54) is 24.1 Å². The van der Waals surface area contributed by atoms with Gasteiger partial charge in [0, 0.05) is 13.6 Å². The number of carbonyl (C=O) groups is 1. The monoisotopic (exact) mass is 429 g/mol. The van der Waals surface area contributed by atoms with Crippen LogP contribution < -0.4 is 9.47 Å². The van der Waals surface area contributed by atoms with Crippen LogP contribution in [0.4, 0.5) is 8.78 Å². The molecule has 3 aromatic rings. The first-order valence-electron chi connectivity index (χ1n) is 9.85. The van der Waals surface area contributed by atoms with Crippen molar-refractivity contribution in [1.29, 1.82) is 0 Å². The van der Waals surface area contributed by atoms with E-state index in [0.29, 0.717) is 17.5 Å². The summed E-state index contributed by atoms with van der Waals surface area (Å²) in [5.41, 5.74) is 3.96. The number of ether oxygens (including phenoxy) is 2. The second kappa shape index (κ2) is 9.59. The molecule has 8 heteroatoms. The molecule has 0 saturated carbocycles. The summed E-state index contributed by atoms with van der Waals surface area (Å²) < 4.78 is 36.7. The Balaban J connectivity index is 1.83. The van der Waals surface area contributed by atoms with Gasteiger partial charge < -0.3 is 14.4 Å². The van der Waals surface area contributed by atoms with Gasteiger partial charge in [0.2, 0.25) is 0 Å². The maximum absolute atomic E-state index is 13.1. The highest BCUT2D eigenvalue weighted by Gasteiger charge is 2.21. The van der Waals surface area contributed by atoms with Crippen LogP contribution in [0.3, 0.4) is 0 Å². The van der Waals surface area contributed by atoms with Crippen molar-refractivity contribution < 1.29 is 23.0 Å². The molecule has 1 aromatic heterocycles. The summed E-state index contributed by atoms with van der Waals surface area (Å²) in [6, 6.07) is 12.6. The van der Waals surface area contributed by atoms with Gasteiger partial charge in [0.15, 0.2) is 11.5 Å². The van der Waals surface area contributed by atoms with Gasteiger partial charge in [0.1, 0.15) is 0 Å². The number of carbonyl (C=O) groups excluding carboxylic acids is 1. The summed E-state index contributed by atoms with van der Waals surface area (Å²) in [6.07, 6.45) is 2.19. The molecule has 0 radical (unpaired) electrons. The van der Waals surface area contributed by atoms with E-state index in [1.807, 2.05) is 38.1 Å². The number of rotatable bonds is 8. The van der Waals surface area contributed by atoms with Crippen molar-refractivity contribution in [3.05, 3.63) is 71.0 Å². The predicted octanol–water partition coefficient (Wildman–Crippen LogP) is 4.63. The molecule has 0 spiro atoms. The molecular weight excluding hydrogens is 404 g/mol. The van der Waals surface area contributed by atoms with Crippen molar-refractivity contribution in [2.24, 2.45) is 0 Å². The van der Waals surface area contributed by atoms with Crippen LogP contribution in [0.25, 0.3) is 5.69 Å². The largest absolute Gasteiger partial charge is 0.493 e. The summed E-state index contributed by atoms with van der Waals surface area (Å²) in [5.74, 6) is -0.0784. The third-order valence-electron chi connectivity index (χ3n) is 4.92. The number of hydrogen-bond acceptors (Lipinski definition) is 4. The summed E-state index contributed by atoms with van der Waals surface area (Å²) in [5, 5.41) is 4.42. The minimum absolute atomic E-state index is 0.0720. The number of nitrogens with zero attached hydrogens (tertiary/aromatic N) is 3. The standard InChI is InChI=1S/C23H25F2N3O3/c1-5-19-18(13-26-28(19)17-9-6-15(2)7-10-17)22(29)27(3)14-16-8-11-20(30-4)21(12-16)31-23(24)25/h6-13,23H,5,14H2,1-4H3. The molecule has 0 fully saturated rings. The molecular formula is C23H25F2N3O3. The van der Waals surface area contributed by atoms with Crippen LogP contribution in [0, 0.1) is 6.92 Å². The third-order valence-corrected chi connectivity index (χ3v) is 4.92. The Morgan fingerprint density at radius 3 is 2.48 bits per heavy atom. The Morgan fingerprint density at radius 1 is 1.16 bits per heavy atom. The predicted molar refractivity (Wildman–Crippen MR) is 113 cm³/mol. The maximum atomic E-state index is 13.1. The zero-order valence-electron chi connectivity index (χ0n) is 17.9. The molecule has 3 rings (SSSR count). The second-order valence-corrected chi connectivity index (χ2v) is 7.13. The lowest BCUT2D eigenvalue weighted by Crippen LogP contribution is -2.27. The highest BCUT2D eigenvalue weighted by atomic mass is 19.3. The summed E-state index contributed by atoms with van der Waals surface area (Å²) >= 11 is 0. The van der Waals surface area contributed by atoms with Crippen molar-refractivity contribution in [3.8, 4) is 17.2 Å². The maximum Gasteiger partial charge on any atom is 0.387 e. The molecule has 0 saturated heterocycles. The fraction of sp³-hybridized carbons (Fsp3) is 0.304. The van der Waals surface area contributed by atoms with E-state index in [4.69, 9.17) is 4.74 Å². The second-order valence-electron chi connectivity index (χ2n) is 7.13. The third kappa shape index (κ3) is 5.02. The smallest absolute Gasteiger partial charge is 0.387 e. The van der Waals surface area contributed by atoms with Crippen molar-refractivity contribution >= 4 is 5.91 Å². The van der Waals surface area contributed by atoms with Gasteiger partial charge in [-0.15, -0.1) is 0 Å². The molecule has 0 aliphatic carbocycles. The molecule has 31 heavy (non-hydrogen) atoms. The zero-order valence-corrected chi connectivity index (χ0v) is 17.9. The van der Waals surface area contributed by atoms with Gasteiger partial charge in [-0.2, -0.15) is 13.9 Å². The molecule has 0 aliphatic heterocycles. The fourth-order valence-electron chi connectivity index (χ4n) is 3.36. The molecule has 0 N–H and O–H groups in total. The van der Waals surface area contributed by atoms with E-state index < -0.39 is 6.61 Å². The van der Waals surface area contributed by atoms with Gasteiger partial charge in [-0.3, -0.25) is 4.79 Å². The highest BCUT2D eigenvalue weighted by Crippen LogP contribution is 2.30. The number of alkyl halides is 2. The molecule has 6 nitrogen and oxygen atoms in total. The lowest BCUT2D eigenvalue weighted by Gasteiger charge is -2.19. The Morgan fingerprint density at radius 2 is 1.87 bits per heavy atom. The van der Waals surface area contributed by atoms with Crippen molar-refractivity contribution in [2.45, 2.75) is 33.4 Å². The van der Waals surface area contributed by atoms with Crippen LogP contribution in [0.5, 0.6) is 11.5 Å². The fourth-order valence-corrected chi connectivity index (χ4v) is 3.36. The zero-order chi connectivity index (χ0) is 22.5. The first-order valence-corrected chi connectivity index (χ1v) is 9.85. The Kier molecular flexibility index (Phi) is 6.89. The quantitative estimate of drug-likeness (QED) is 0.524. The van der Waals surface area contributed by atoms with E-state index in [2.05, 4.69) is 9.84 Å². The average Bonchev–Trinajstić information content (AvgIpc) is 3.17. The number of aryl methyl sites for hydroxylation is 1. The van der Waals surface area contributed by atoms with Gasteiger partial charge in [-0.1, -0.05) is 30.7 Å². The minimum Gasteiger partial charge on any atom is -0.493 e. The molecule has 0 bridgehead atoms. The normalized spacial score (nSPS) is 10.9. The minimum atomic E-state index is -2.97. The van der Waals surface area contributed by atoms with Crippen LogP contribution in [0.2, 0.25) is 0 Å². The highest BCUT2D eigenvalue weighted by molar-refractivity contribution is 5.95. The van der Waals surface area contributed by atoms with Gasteiger partial charge >= 0.3 is 6.61 Å². The van der Waals surface area contributed by atoms with Gasteiger partial charge in [-0.05, 0) is 43.2 Å². The molecule has 2 aromatic carbocycles. The van der Waals surface area contributed by atoms with E-state index in [9.17, 15) is 13.6 Å². The topological polar surface area (TPSA) is 56.6 Å². The van der Waals surface area contributed by atoms with Gasteiger partial charge in [0.25, 0.3) is 5.91 Å². The van der Waals surface area contributed by atoms with Crippen LogP contribution in [-0.4, -0.2) is 41.4 Å². The Bertz CT molecular complexity index is 1050. The van der Waals surface area contributed by atoms with Crippen LogP contribution in [-0.2, 0) is 13.0 Å². The summed E-state index contributed by atoms with van der Waals surface area (Å²) in [6.45, 7) is 1.22. The van der Waals surface area contributed by atoms with Crippen LogP contribution >= 0.6 is 0 Å². The molecule has 0 atom stereocenters. The Labute approximate surface area is 180 Å². The van der Waals surface area contributed by atoms with Gasteiger partial charge in [-0.25, -0.2) is 4.68 Å². The first-order chi connectivity index (χ1) is 14.8. The van der Waals surface area contributed by atoms with E-state index in [0.717, 1.165) is 16.9 Å². The van der Waals surface area contributed by atoms with E-state index in [-0.39, 0.29) is 24.0 Å². The van der Waals surface area contributed by atoms with Crippen molar-refractivity contribution in [3.63, 3.8) is 0 Å². The van der Waals surface area contributed by atoms with E-state index in [1.54, 1.807) is 24.0 Å². The summed E-state index contributed by atoms with van der Waals surface area (Å²) in [7, 11) is 3.03. The molecule has 164 valence electrons. The first kappa shape index (κ1) is 22.3. The average molecular weight is 429 g/mol. The van der Waals surface area contributed by atoms with Crippen LogP contribution in [0.1, 0.15) is 34.1 Å². The van der Waals surface area contributed by atoms with Crippen molar-refractivity contribution in [1.82, 2.24) is 14.7 Å². The SMILES string of the molecule is CCc1c(C(=O)N(C)Cc2ccc(OC)c(OC(F)F)c2)cnn1-c1ccc(C)cc1. The van der Waals surface area contributed by atoms with Crippen LogP contribution in [0.15, 0.2) is 48.7 Å². The number of aromatic nitrogens is 2. The molecule has 0 unspecified atom stereocenters. The summed E-state index contributed by atoms with van der Waals surface area (Å²) in [4.78, 5) is 14.6. The number of methoxy groups -OCH3 is 1. The van der Waals surface area contributed by atoms with Crippen molar-refractivity contribution in [2.75, 3.05) is 14.2 Å². The number of benzene rings is 2. The molecule has 1 amide bonds. The number of amides is 1. The lowest BCUT2D eigenvalue weighted by molar-refractivity contribution is -0.0512. The lowest BCUT2D eigenvalue weighted by atomic mass is 10.1. The molecule has 1 heterocycles. The number of hydrogen-bond donors (Lipinski definition) is 0. The molecule has 0 aliphatic rings. The Hall–Kier alpha value is -3.42.